The van der Waals surface area contributed by atoms with Gasteiger partial charge in [0.05, 0.1) is 12.0 Å². The number of carbonyl (C=O) groups is 2. The fraction of sp³-hybridized carbons (Fsp3) is 0.333. The molecule has 8 heteroatoms. The molecule has 1 aliphatic rings. The minimum atomic E-state index is -0.422. The summed E-state index contributed by atoms with van der Waals surface area (Å²) in [6.07, 6.45) is 2.10. The molecule has 0 aromatic heterocycles. The Hall–Kier alpha value is -1.64. The van der Waals surface area contributed by atoms with Crippen LogP contribution >= 0.6 is 23.3 Å². The molecule has 1 aromatic rings. The van der Waals surface area contributed by atoms with Gasteiger partial charge < -0.3 is 21.1 Å². The molecule has 0 radical (unpaired) electrons. The van der Waals surface area contributed by atoms with Gasteiger partial charge in [-0.15, -0.1) is 23.3 Å². The third kappa shape index (κ3) is 6.17. The number of rotatable bonds is 6. The number of anilines is 1. The number of hydrogen-bond donors (Lipinski definition) is 5. The highest BCUT2D eigenvalue weighted by molar-refractivity contribution is 8.59. The average Bonchev–Trinajstić information content (AvgIpc) is 3.06. The van der Waals surface area contributed by atoms with Gasteiger partial charge in [0.2, 0.25) is 11.8 Å². The summed E-state index contributed by atoms with van der Waals surface area (Å²) in [5.74, 6) is -0.0801. The lowest BCUT2D eigenvalue weighted by atomic mass is 10.0. The predicted molar refractivity (Wildman–Crippen MR) is 97.8 cm³/mol. The van der Waals surface area contributed by atoms with E-state index in [9.17, 15) is 9.59 Å². The molecule has 0 bridgehead atoms. The van der Waals surface area contributed by atoms with Crippen LogP contribution < -0.4 is 21.1 Å². The number of ether oxygens (including phenoxy) is 1. The molecule has 1 fully saturated rings. The zero-order chi connectivity index (χ0) is 17.2. The van der Waals surface area contributed by atoms with Crippen LogP contribution in [-0.2, 0) is 9.59 Å². The van der Waals surface area contributed by atoms with Gasteiger partial charge in [0, 0.05) is 12.2 Å². The molecule has 0 saturated carbocycles. The van der Waals surface area contributed by atoms with E-state index in [1.807, 2.05) is 0 Å². The van der Waals surface area contributed by atoms with Crippen molar-refractivity contribution in [1.82, 2.24) is 5.32 Å². The standard InChI is InChI=1S/C15H19N3O3.H2S2/c1-2-7-21-12-5-3-11(4-6-12)18-15(20)10-8-13(14(16)19)17-9-10;1-2/h2-6,10,13,17H,1,7-9H2,(H2,16,19)(H,18,20);1-2H. The summed E-state index contributed by atoms with van der Waals surface area (Å²) in [5, 5.41) is 5.76. The summed E-state index contributed by atoms with van der Waals surface area (Å²) in [6, 6.07) is 6.67. The smallest absolute Gasteiger partial charge is 0.234 e. The molecule has 1 aliphatic heterocycles. The third-order valence-corrected chi connectivity index (χ3v) is 3.33. The fourth-order valence-electron chi connectivity index (χ4n) is 2.19. The number of hydrogen-bond acceptors (Lipinski definition) is 6. The number of primary amides is 1. The normalized spacial score (nSPS) is 19.2. The Morgan fingerprint density at radius 3 is 2.57 bits per heavy atom. The maximum absolute atomic E-state index is 12.1. The van der Waals surface area contributed by atoms with Gasteiger partial charge in [0.15, 0.2) is 0 Å². The minimum Gasteiger partial charge on any atom is -0.490 e. The monoisotopic (exact) mass is 355 g/mol. The van der Waals surface area contributed by atoms with Crippen LogP contribution in [-0.4, -0.2) is 31.0 Å². The van der Waals surface area contributed by atoms with E-state index in [0.29, 0.717) is 31.0 Å². The van der Waals surface area contributed by atoms with Crippen molar-refractivity contribution in [3.63, 3.8) is 0 Å². The van der Waals surface area contributed by atoms with Gasteiger partial charge in [-0.1, -0.05) is 12.7 Å². The average molecular weight is 355 g/mol. The Labute approximate surface area is 146 Å². The zero-order valence-electron chi connectivity index (χ0n) is 12.6. The lowest BCUT2D eigenvalue weighted by Crippen LogP contribution is -2.36. The molecule has 23 heavy (non-hydrogen) atoms. The molecule has 2 unspecified atom stereocenters. The van der Waals surface area contributed by atoms with Crippen molar-refractivity contribution in [3.8, 4) is 5.75 Å². The molecule has 6 nitrogen and oxygen atoms in total. The van der Waals surface area contributed by atoms with Crippen LogP contribution in [0.4, 0.5) is 5.69 Å². The van der Waals surface area contributed by atoms with E-state index < -0.39 is 11.9 Å². The van der Waals surface area contributed by atoms with Crippen molar-refractivity contribution in [2.45, 2.75) is 12.5 Å². The largest absolute Gasteiger partial charge is 0.490 e. The van der Waals surface area contributed by atoms with Gasteiger partial charge in [-0.25, -0.2) is 0 Å². The molecule has 2 rings (SSSR count). The van der Waals surface area contributed by atoms with E-state index >= 15 is 0 Å². The van der Waals surface area contributed by atoms with Crippen LogP contribution in [0.3, 0.4) is 0 Å². The Balaban J connectivity index is 0.00000127. The lowest BCUT2D eigenvalue weighted by molar-refractivity contribution is -0.120. The van der Waals surface area contributed by atoms with Crippen molar-refractivity contribution in [2.24, 2.45) is 11.7 Å². The van der Waals surface area contributed by atoms with Gasteiger partial charge in [0.1, 0.15) is 12.4 Å². The molecular formula is C15H21N3O3S2. The number of thiol groups is 2. The van der Waals surface area contributed by atoms with Crippen molar-refractivity contribution in [2.75, 3.05) is 18.5 Å². The topological polar surface area (TPSA) is 93.4 Å². The van der Waals surface area contributed by atoms with Gasteiger partial charge in [-0.2, -0.15) is 0 Å². The zero-order valence-corrected chi connectivity index (χ0v) is 14.4. The summed E-state index contributed by atoms with van der Waals surface area (Å²) in [4.78, 5) is 23.2. The van der Waals surface area contributed by atoms with Crippen LogP contribution in [0.15, 0.2) is 36.9 Å². The van der Waals surface area contributed by atoms with Crippen LogP contribution in [0.25, 0.3) is 0 Å². The molecule has 2 atom stereocenters. The summed E-state index contributed by atoms with van der Waals surface area (Å²) in [6.45, 7) is 4.47. The maximum Gasteiger partial charge on any atom is 0.234 e. The molecule has 4 N–H and O–H groups in total. The van der Waals surface area contributed by atoms with E-state index in [2.05, 4.69) is 40.5 Å². The number of amides is 2. The van der Waals surface area contributed by atoms with Gasteiger partial charge in [0.25, 0.3) is 0 Å². The highest BCUT2D eigenvalue weighted by Crippen LogP contribution is 2.19. The summed E-state index contributed by atoms with van der Waals surface area (Å²) in [7, 11) is 0. The number of nitrogens with two attached hydrogens (primary N) is 1. The van der Waals surface area contributed by atoms with E-state index in [-0.39, 0.29) is 11.8 Å². The molecule has 1 saturated heterocycles. The Bertz CT molecular complexity index is 537. The molecule has 1 heterocycles. The molecule has 1 aromatic carbocycles. The summed E-state index contributed by atoms with van der Waals surface area (Å²) >= 11 is 6.44. The lowest BCUT2D eigenvalue weighted by Gasteiger charge is -2.11. The molecule has 0 aliphatic carbocycles. The van der Waals surface area contributed by atoms with Gasteiger partial charge in [-0.3, -0.25) is 9.59 Å². The Kier molecular flexibility index (Phi) is 8.60. The number of nitrogens with one attached hydrogen (secondary N) is 2. The van der Waals surface area contributed by atoms with Crippen molar-refractivity contribution in [3.05, 3.63) is 36.9 Å². The first-order valence-corrected chi connectivity index (χ1v) is 8.57. The van der Waals surface area contributed by atoms with Gasteiger partial charge in [-0.05, 0) is 30.7 Å². The quantitative estimate of drug-likeness (QED) is 0.303. The second-order valence-corrected chi connectivity index (χ2v) is 4.91. The van der Waals surface area contributed by atoms with Gasteiger partial charge >= 0.3 is 0 Å². The highest BCUT2D eigenvalue weighted by atomic mass is 33.1. The number of benzene rings is 1. The first-order valence-electron chi connectivity index (χ1n) is 6.97. The summed E-state index contributed by atoms with van der Waals surface area (Å²) in [5.41, 5.74) is 5.90. The Morgan fingerprint density at radius 1 is 1.39 bits per heavy atom. The SMILES string of the molecule is C=CCOc1ccc(NC(=O)C2CNC(C(N)=O)C2)cc1.SS. The van der Waals surface area contributed by atoms with Crippen LogP contribution in [0.1, 0.15) is 6.42 Å². The van der Waals surface area contributed by atoms with Crippen LogP contribution in [0.2, 0.25) is 0 Å². The van der Waals surface area contributed by atoms with E-state index in [1.165, 1.54) is 0 Å². The van der Waals surface area contributed by atoms with Crippen molar-refractivity contribution in [1.29, 1.82) is 0 Å². The Morgan fingerprint density at radius 2 is 2.04 bits per heavy atom. The van der Waals surface area contributed by atoms with Crippen molar-refractivity contribution < 1.29 is 14.3 Å². The summed E-state index contributed by atoms with van der Waals surface area (Å²) < 4.78 is 5.36. The maximum atomic E-state index is 12.1. The van der Waals surface area contributed by atoms with Crippen molar-refractivity contribution >= 4 is 40.8 Å². The van der Waals surface area contributed by atoms with Crippen LogP contribution in [0, 0.1) is 5.92 Å². The third-order valence-electron chi connectivity index (χ3n) is 3.33. The molecule has 0 spiro atoms. The predicted octanol–water partition coefficient (Wildman–Crippen LogP) is 1.41. The molecule has 2 amide bonds. The molecular weight excluding hydrogens is 334 g/mol. The minimum absolute atomic E-state index is 0.119. The van der Waals surface area contributed by atoms with E-state index in [1.54, 1.807) is 30.3 Å². The second kappa shape index (κ2) is 10.2. The van der Waals surface area contributed by atoms with E-state index in [0.717, 1.165) is 0 Å². The highest BCUT2D eigenvalue weighted by Gasteiger charge is 2.32. The second-order valence-electron chi connectivity index (χ2n) is 4.91. The first-order chi connectivity index (χ1) is 11.1. The van der Waals surface area contributed by atoms with E-state index in [4.69, 9.17) is 10.5 Å². The first kappa shape index (κ1) is 19.4. The number of carbonyl (C=O) groups excluding carboxylic acids is 2. The fourth-order valence-corrected chi connectivity index (χ4v) is 2.19. The molecule has 126 valence electrons. The van der Waals surface area contributed by atoms with Crippen LogP contribution in [0.5, 0.6) is 5.75 Å².